The zero-order valence-electron chi connectivity index (χ0n) is 5.89. The average molecular weight is 164 g/mol. The van der Waals surface area contributed by atoms with Crippen LogP contribution in [0, 0.1) is 6.54 Å². The van der Waals surface area contributed by atoms with Crippen LogP contribution in [0.2, 0.25) is 0 Å². The van der Waals surface area contributed by atoms with Crippen LogP contribution in [-0.4, -0.2) is 23.6 Å². The summed E-state index contributed by atoms with van der Waals surface area (Å²) in [5, 5.41) is 0. The molecule has 0 fully saturated rings. The van der Waals surface area contributed by atoms with Crippen molar-refractivity contribution in [3.63, 3.8) is 0 Å². The van der Waals surface area contributed by atoms with E-state index in [-0.39, 0.29) is 10.9 Å². The van der Waals surface area contributed by atoms with E-state index in [2.05, 4.69) is 4.99 Å². The van der Waals surface area contributed by atoms with Gasteiger partial charge in [0.25, 0.3) is 0 Å². The van der Waals surface area contributed by atoms with Crippen LogP contribution in [0.4, 0.5) is 13.2 Å². The average Bonchev–Trinajstić information content (AvgIpc) is 2.32. The second-order valence-corrected chi connectivity index (χ2v) is 2.19. The molecule has 1 rings (SSSR count). The molecule has 62 valence electrons. The van der Waals surface area contributed by atoms with E-state index in [0.29, 0.717) is 6.42 Å². The van der Waals surface area contributed by atoms with E-state index in [1.165, 1.54) is 0 Å². The molecule has 1 aliphatic heterocycles. The Labute approximate surface area is 62.7 Å². The van der Waals surface area contributed by atoms with E-state index in [0.717, 1.165) is 6.54 Å². The van der Waals surface area contributed by atoms with Gasteiger partial charge in [0.2, 0.25) is 0 Å². The fourth-order valence-corrected chi connectivity index (χ4v) is 0.713. The first-order valence-electron chi connectivity index (χ1n) is 3.20. The smallest absolute Gasteiger partial charge is 0.259 e. The van der Waals surface area contributed by atoms with Crippen molar-refractivity contribution in [3.8, 4) is 0 Å². The monoisotopic (exact) mass is 164 g/mol. The van der Waals surface area contributed by atoms with Crippen molar-refractivity contribution in [2.75, 3.05) is 0 Å². The number of rotatable bonds is 1. The van der Waals surface area contributed by atoms with Gasteiger partial charge in [0, 0.05) is 0 Å². The van der Waals surface area contributed by atoms with Crippen LogP contribution in [0.5, 0.6) is 0 Å². The minimum Gasteiger partial charge on any atom is -0.259 e. The molecular weight excluding hydrogens is 157 g/mol. The van der Waals surface area contributed by atoms with Gasteiger partial charge < -0.3 is 0 Å². The van der Waals surface area contributed by atoms with E-state index in [9.17, 15) is 13.2 Å². The highest BCUT2D eigenvalue weighted by Crippen LogP contribution is 2.26. The third kappa shape index (κ3) is 1.85. The number of alkyl halides is 3. The van der Waals surface area contributed by atoms with E-state index in [1.54, 1.807) is 6.92 Å². The van der Waals surface area contributed by atoms with E-state index in [1.807, 2.05) is 6.34 Å². The van der Waals surface area contributed by atoms with Crippen molar-refractivity contribution >= 4 is 6.34 Å². The van der Waals surface area contributed by atoms with E-state index >= 15 is 0 Å². The second-order valence-electron chi connectivity index (χ2n) is 2.19. The summed E-state index contributed by atoms with van der Waals surface area (Å²) in [4.78, 5) is 3.56. The van der Waals surface area contributed by atoms with Gasteiger partial charge in [-0.1, -0.05) is 6.92 Å². The molecule has 0 amide bonds. The van der Waals surface area contributed by atoms with Gasteiger partial charge in [-0.2, -0.15) is 13.2 Å². The van der Waals surface area contributed by atoms with Crippen molar-refractivity contribution < 1.29 is 13.2 Å². The summed E-state index contributed by atoms with van der Waals surface area (Å²) in [6.07, 6.45) is -1.92. The van der Waals surface area contributed by atoms with Gasteiger partial charge in [0.1, 0.15) is 0 Å². The molecule has 11 heavy (non-hydrogen) atoms. The molecule has 2 nitrogen and oxygen atoms in total. The molecule has 0 spiro atoms. The number of halogens is 3. The molecule has 1 unspecified atom stereocenters. The van der Waals surface area contributed by atoms with Crippen LogP contribution in [0.25, 0.3) is 0 Å². The van der Waals surface area contributed by atoms with Crippen LogP contribution in [0.1, 0.15) is 13.3 Å². The number of hydrogen-bond donors (Lipinski definition) is 0. The maximum atomic E-state index is 11.8. The highest BCUT2D eigenvalue weighted by atomic mass is 19.4. The topological polar surface area (TPSA) is 15.6 Å². The summed E-state index contributed by atoms with van der Waals surface area (Å²) < 4.78 is 35.5. The van der Waals surface area contributed by atoms with Crippen molar-refractivity contribution in [1.82, 2.24) is 4.90 Å². The summed E-state index contributed by atoms with van der Waals surface area (Å²) in [5.41, 5.74) is 0. The van der Waals surface area contributed by atoms with Crippen LogP contribution in [-0.2, 0) is 0 Å². The summed E-state index contributed by atoms with van der Waals surface area (Å²) in [6, 6.07) is -0.364. The molecule has 0 aromatic rings. The minimum absolute atomic E-state index is 0.0567. The maximum absolute atomic E-state index is 11.8. The van der Waals surface area contributed by atoms with E-state index in [4.69, 9.17) is 0 Å². The Kier molecular flexibility index (Phi) is 2.06. The number of aliphatic imine (C=N–C) groups is 1. The molecule has 2 radical (unpaired) electrons. The van der Waals surface area contributed by atoms with Gasteiger partial charge >= 0.3 is 6.30 Å². The molecular formula is C6H7F3N2. The van der Waals surface area contributed by atoms with Crippen LogP contribution in [0.3, 0.4) is 0 Å². The third-order valence-electron chi connectivity index (χ3n) is 1.34. The first kappa shape index (κ1) is 8.36. The van der Waals surface area contributed by atoms with Gasteiger partial charge in [0.05, 0.1) is 12.6 Å². The van der Waals surface area contributed by atoms with Gasteiger partial charge in [0.15, 0.2) is 6.34 Å². The van der Waals surface area contributed by atoms with Crippen molar-refractivity contribution in [1.29, 1.82) is 0 Å². The molecule has 5 heteroatoms. The number of hydrogen-bond acceptors (Lipinski definition) is 2. The summed E-state index contributed by atoms with van der Waals surface area (Å²) in [6.45, 7) is 2.78. The molecule has 1 heterocycles. The van der Waals surface area contributed by atoms with Gasteiger partial charge in [-0.25, -0.2) is 0 Å². The van der Waals surface area contributed by atoms with Gasteiger partial charge in [-0.15, -0.1) is 0 Å². The molecule has 0 bridgehead atoms. The third-order valence-corrected chi connectivity index (χ3v) is 1.34. The molecule has 1 atom stereocenters. The van der Waals surface area contributed by atoms with Gasteiger partial charge in [-0.05, 0) is 6.42 Å². The molecule has 0 aliphatic carbocycles. The van der Waals surface area contributed by atoms with Gasteiger partial charge in [-0.3, -0.25) is 9.89 Å². The molecule has 0 saturated carbocycles. The summed E-state index contributed by atoms with van der Waals surface area (Å²) >= 11 is 0. The van der Waals surface area contributed by atoms with Crippen molar-refractivity contribution in [3.05, 3.63) is 6.54 Å². The van der Waals surface area contributed by atoms with Crippen molar-refractivity contribution in [2.24, 2.45) is 4.99 Å². The van der Waals surface area contributed by atoms with Crippen molar-refractivity contribution in [2.45, 2.75) is 25.7 Å². The summed E-state index contributed by atoms with van der Waals surface area (Å²) in [7, 11) is 0. The Bertz CT molecular complexity index is 164. The first-order chi connectivity index (χ1) is 5.04. The number of nitrogens with zero attached hydrogens (tertiary/aromatic N) is 2. The Morgan fingerprint density at radius 1 is 1.64 bits per heavy atom. The normalized spacial score (nSPS) is 24.7. The SMILES string of the molecule is CCC1[CH]N(C(F)(F)F)[C]=N1. The lowest BCUT2D eigenvalue weighted by atomic mass is 10.2. The Hall–Kier alpha value is -0.740. The zero-order chi connectivity index (χ0) is 8.48. The predicted octanol–water partition coefficient (Wildman–Crippen LogP) is 1.67. The van der Waals surface area contributed by atoms with Crippen LogP contribution >= 0.6 is 0 Å². The second kappa shape index (κ2) is 2.71. The zero-order valence-corrected chi connectivity index (χ0v) is 5.89. The van der Waals surface area contributed by atoms with Crippen LogP contribution < -0.4 is 0 Å². The first-order valence-corrected chi connectivity index (χ1v) is 3.20. The lowest BCUT2D eigenvalue weighted by molar-refractivity contribution is -0.205. The highest BCUT2D eigenvalue weighted by molar-refractivity contribution is 5.60. The molecule has 0 saturated heterocycles. The van der Waals surface area contributed by atoms with E-state index < -0.39 is 6.30 Å². The largest absolute Gasteiger partial charge is 0.486 e. The molecule has 0 aromatic carbocycles. The minimum atomic E-state index is -4.37. The maximum Gasteiger partial charge on any atom is 0.486 e. The van der Waals surface area contributed by atoms with Crippen LogP contribution in [0.15, 0.2) is 4.99 Å². The fraction of sp³-hybridized carbons (Fsp3) is 0.667. The Balaban J connectivity index is 2.50. The fourth-order valence-electron chi connectivity index (χ4n) is 0.713. The Morgan fingerprint density at radius 3 is 2.55 bits per heavy atom. The summed E-state index contributed by atoms with van der Waals surface area (Å²) in [5.74, 6) is 0. The quantitative estimate of drug-likeness (QED) is 0.538. The Morgan fingerprint density at radius 2 is 2.27 bits per heavy atom. The lowest BCUT2D eigenvalue weighted by Gasteiger charge is -2.16. The molecule has 1 aliphatic rings. The lowest BCUT2D eigenvalue weighted by Crippen LogP contribution is -2.33. The standard InChI is InChI=1S/C6H7F3N2/c1-2-5-3-11(4-10-5)6(7,8)9/h3,5H,2H2,1H3. The molecule has 0 aromatic heterocycles. The molecule has 0 N–H and O–H groups in total. The predicted molar refractivity (Wildman–Crippen MR) is 33.7 cm³/mol. The highest BCUT2D eigenvalue weighted by Gasteiger charge is 2.39.